The highest BCUT2D eigenvalue weighted by atomic mass is 16.5. The maximum Gasteiger partial charge on any atom is 0.269 e. The average molecular weight is 313 g/mol. The largest absolute Gasteiger partial charge is 0.497 e. The summed E-state index contributed by atoms with van der Waals surface area (Å²) in [5.74, 6) is 0.736. The molecule has 0 fully saturated rings. The SMILES string of the molecule is CCCNC(=O)c1ccc(NCCc2ccc(OC)cc2)cn1. The number of anilines is 1. The minimum atomic E-state index is -0.128. The van der Waals surface area contributed by atoms with Gasteiger partial charge < -0.3 is 15.4 Å². The van der Waals surface area contributed by atoms with Crippen molar-refractivity contribution >= 4 is 11.6 Å². The van der Waals surface area contributed by atoms with Crippen molar-refractivity contribution in [2.45, 2.75) is 19.8 Å². The van der Waals surface area contributed by atoms with Crippen LogP contribution >= 0.6 is 0 Å². The van der Waals surface area contributed by atoms with Crippen LogP contribution in [0.4, 0.5) is 5.69 Å². The Morgan fingerprint density at radius 2 is 1.91 bits per heavy atom. The molecule has 0 spiro atoms. The van der Waals surface area contributed by atoms with Gasteiger partial charge >= 0.3 is 0 Å². The summed E-state index contributed by atoms with van der Waals surface area (Å²) in [5.41, 5.74) is 2.59. The third-order valence-corrected chi connectivity index (χ3v) is 3.43. The minimum Gasteiger partial charge on any atom is -0.497 e. The van der Waals surface area contributed by atoms with Crippen LogP contribution in [0.3, 0.4) is 0 Å². The monoisotopic (exact) mass is 313 g/mol. The number of amides is 1. The molecular weight excluding hydrogens is 290 g/mol. The van der Waals surface area contributed by atoms with Gasteiger partial charge in [0.25, 0.3) is 5.91 Å². The van der Waals surface area contributed by atoms with Crippen molar-refractivity contribution < 1.29 is 9.53 Å². The molecule has 1 aromatic carbocycles. The summed E-state index contributed by atoms with van der Waals surface area (Å²) in [7, 11) is 1.66. The lowest BCUT2D eigenvalue weighted by molar-refractivity contribution is 0.0949. The van der Waals surface area contributed by atoms with Crippen molar-refractivity contribution in [1.29, 1.82) is 0 Å². The van der Waals surface area contributed by atoms with E-state index in [2.05, 4.69) is 27.8 Å². The first-order chi connectivity index (χ1) is 11.2. The molecular formula is C18H23N3O2. The molecule has 1 aromatic heterocycles. The van der Waals surface area contributed by atoms with Gasteiger partial charge in [-0.3, -0.25) is 4.79 Å². The summed E-state index contributed by atoms with van der Waals surface area (Å²) in [6.45, 7) is 3.49. The zero-order chi connectivity index (χ0) is 16.5. The second-order valence-electron chi connectivity index (χ2n) is 5.21. The molecule has 0 saturated carbocycles. The van der Waals surface area contributed by atoms with Crippen LogP contribution in [0.25, 0.3) is 0 Å². The predicted octanol–water partition coefficient (Wildman–Crippen LogP) is 2.88. The topological polar surface area (TPSA) is 63.2 Å². The number of benzene rings is 1. The van der Waals surface area contributed by atoms with Crippen LogP contribution in [0, 0.1) is 0 Å². The number of hydrogen-bond acceptors (Lipinski definition) is 4. The second kappa shape index (κ2) is 8.78. The summed E-state index contributed by atoms with van der Waals surface area (Å²) in [6.07, 6.45) is 3.51. The number of methoxy groups -OCH3 is 1. The van der Waals surface area contributed by atoms with Gasteiger partial charge in [0, 0.05) is 13.1 Å². The summed E-state index contributed by atoms with van der Waals surface area (Å²) in [5, 5.41) is 6.12. The molecule has 0 atom stereocenters. The van der Waals surface area contributed by atoms with E-state index in [1.807, 2.05) is 25.1 Å². The van der Waals surface area contributed by atoms with Crippen LogP contribution < -0.4 is 15.4 Å². The van der Waals surface area contributed by atoms with Crippen LogP contribution in [0.2, 0.25) is 0 Å². The molecule has 0 aliphatic heterocycles. The van der Waals surface area contributed by atoms with Gasteiger partial charge in [0.2, 0.25) is 0 Å². The molecule has 0 radical (unpaired) electrons. The normalized spacial score (nSPS) is 10.2. The standard InChI is InChI=1S/C18H23N3O2/c1-3-11-20-18(22)17-9-6-15(13-21-17)19-12-10-14-4-7-16(23-2)8-5-14/h4-9,13,19H,3,10-12H2,1-2H3,(H,20,22). The molecule has 23 heavy (non-hydrogen) atoms. The number of hydrogen-bond donors (Lipinski definition) is 2. The van der Waals surface area contributed by atoms with Crippen molar-refractivity contribution in [2.75, 3.05) is 25.5 Å². The van der Waals surface area contributed by atoms with Gasteiger partial charge in [-0.1, -0.05) is 19.1 Å². The van der Waals surface area contributed by atoms with Gasteiger partial charge in [0.15, 0.2) is 0 Å². The van der Waals surface area contributed by atoms with Gasteiger partial charge in [-0.25, -0.2) is 4.98 Å². The predicted molar refractivity (Wildman–Crippen MR) is 92.0 cm³/mol. The first-order valence-electron chi connectivity index (χ1n) is 7.84. The lowest BCUT2D eigenvalue weighted by atomic mass is 10.1. The molecule has 1 heterocycles. The minimum absolute atomic E-state index is 0.128. The molecule has 0 bridgehead atoms. The van der Waals surface area contributed by atoms with E-state index in [9.17, 15) is 4.79 Å². The molecule has 122 valence electrons. The number of aromatic nitrogens is 1. The molecule has 5 nitrogen and oxygen atoms in total. The average Bonchev–Trinajstić information content (AvgIpc) is 2.61. The number of rotatable bonds is 8. The van der Waals surface area contributed by atoms with Crippen molar-refractivity contribution in [3.63, 3.8) is 0 Å². The van der Waals surface area contributed by atoms with Crippen LogP contribution in [0.1, 0.15) is 29.4 Å². The maximum atomic E-state index is 11.8. The molecule has 2 N–H and O–H groups in total. The van der Waals surface area contributed by atoms with E-state index >= 15 is 0 Å². The number of nitrogens with zero attached hydrogens (tertiary/aromatic N) is 1. The molecule has 2 rings (SSSR count). The molecule has 0 unspecified atom stereocenters. The van der Waals surface area contributed by atoms with E-state index in [1.54, 1.807) is 19.4 Å². The fourth-order valence-electron chi connectivity index (χ4n) is 2.11. The smallest absolute Gasteiger partial charge is 0.269 e. The molecule has 5 heteroatoms. The van der Waals surface area contributed by atoms with Gasteiger partial charge in [0.05, 0.1) is 19.0 Å². The number of nitrogens with one attached hydrogen (secondary N) is 2. The summed E-state index contributed by atoms with van der Waals surface area (Å²) >= 11 is 0. The van der Waals surface area contributed by atoms with Crippen LogP contribution in [0.5, 0.6) is 5.75 Å². The van der Waals surface area contributed by atoms with Crippen LogP contribution in [-0.2, 0) is 6.42 Å². The van der Waals surface area contributed by atoms with Crippen LogP contribution in [0.15, 0.2) is 42.6 Å². The Balaban J connectivity index is 1.80. The highest BCUT2D eigenvalue weighted by Gasteiger charge is 2.05. The van der Waals surface area contributed by atoms with Crippen molar-refractivity contribution in [1.82, 2.24) is 10.3 Å². The zero-order valence-electron chi connectivity index (χ0n) is 13.6. The lowest BCUT2D eigenvalue weighted by Crippen LogP contribution is -2.24. The van der Waals surface area contributed by atoms with E-state index < -0.39 is 0 Å². The Hall–Kier alpha value is -2.56. The third-order valence-electron chi connectivity index (χ3n) is 3.43. The van der Waals surface area contributed by atoms with E-state index in [4.69, 9.17) is 4.74 Å². The number of ether oxygens (including phenoxy) is 1. The highest BCUT2D eigenvalue weighted by molar-refractivity contribution is 5.92. The summed E-state index contributed by atoms with van der Waals surface area (Å²) in [6, 6.07) is 11.6. The van der Waals surface area contributed by atoms with Gasteiger partial charge in [-0.2, -0.15) is 0 Å². The molecule has 1 amide bonds. The van der Waals surface area contributed by atoms with E-state index in [1.165, 1.54) is 5.56 Å². The Morgan fingerprint density at radius 1 is 1.13 bits per heavy atom. The Kier molecular flexibility index (Phi) is 6.41. The first kappa shape index (κ1) is 16.8. The van der Waals surface area contributed by atoms with Crippen molar-refractivity contribution in [3.05, 3.63) is 53.9 Å². The molecule has 0 saturated heterocycles. The van der Waals surface area contributed by atoms with Gasteiger partial charge in [-0.15, -0.1) is 0 Å². The molecule has 0 aliphatic carbocycles. The van der Waals surface area contributed by atoms with E-state index in [0.29, 0.717) is 12.2 Å². The number of carbonyl (C=O) groups is 1. The van der Waals surface area contributed by atoms with E-state index in [-0.39, 0.29) is 5.91 Å². The Labute approximate surface area is 137 Å². The zero-order valence-corrected chi connectivity index (χ0v) is 13.6. The summed E-state index contributed by atoms with van der Waals surface area (Å²) < 4.78 is 5.14. The second-order valence-corrected chi connectivity index (χ2v) is 5.21. The summed E-state index contributed by atoms with van der Waals surface area (Å²) in [4.78, 5) is 16.0. The van der Waals surface area contributed by atoms with Gasteiger partial charge in [0.1, 0.15) is 11.4 Å². The fourth-order valence-corrected chi connectivity index (χ4v) is 2.11. The molecule has 2 aromatic rings. The Morgan fingerprint density at radius 3 is 2.52 bits per heavy atom. The highest BCUT2D eigenvalue weighted by Crippen LogP contribution is 2.12. The molecule has 0 aliphatic rings. The fraction of sp³-hybridized carbons (Fsp3) is 0.333. The number of carbonyl (C=O) groups excluding carboxylic acids is 1. The van der Waals surface area contributed by atoms with Gasteiger partial charge in [-0.05, 0) is 42.7 Å². The third kappa shape index (κ3) is 5.29. The van der Waals surface area contributed by atoms with Crippen LogP contribution in [-0.4, -0.2) is 31.1 Å². The Bertz CT molecular complexity index is 609. The first-order valence-corrected chi connectivity index (χ1v) is 7.84. The van der Waals surface area contributed by atoms with Crippen molar-refractivity contribution in [3.8, 4) is 5.75 Å². The van der Waals surface area contributed by atoms with Crippen molar-refractivity contribution in [2.24, 2.45) is 0 Å². The quantitative estimate of drug-likeness (QED) is 0.786. The maximum absolute atomic E-state index is 11.8. The van der Waals surface area contributed by atoms with E-state index in [0.717, 1.165) is 30.8 Å². The lowest BCUT2D eigenvalue weighted by Gasteiger charge is -2.08. The number of pyridine rings is 1.